The second-order valence-corrected chi connectivity index (χ2v) is 8.90. The fraction of sp³-hybridized carbons (Fsp3) is 0. The van der Waals surface area contributed by atoms with Gasteiger partial charge in [-0.05, 0) is 56.9 Å². The molecule has 0 aromatic heterocycles. The Morgan fingerprint density at radius 2 is 0.844 bits per heavy atom. The molecule has 0 atom stereocenters. The van der Waals surface area contributed by atoms with Gasteiger partial charge in [-0.3, -0.25) is 0 Å². The summed E-state index contributed by atoms with van der Waals surface area (Å²) in [7, 11) is 0. The minimum absolute atomic E-state index is 0.360. The predicted octanol–water partition coefficient (Wildman–Crippen LogP) is 5.61. The van der Waals surface area contributed by atoms with Gasteiger partial charge in [0.05, 0.1) is 5.69 Å². The molecule has 0 radical (unpaired) electrons. The Labute approximate surface area is 187 Å². The molecule has 5 aromatic rings. The first-order valence-electron chi connectivity index (χ1n) is 11.3. The first kappa shape index (κ1) is 16.6. The van der Waals surface area contributed by atoms with E-state index in [2.05, 4.69) is 114 Å². The lowest BCUT2D eigenvalue weighted by Crippen LogP contribution is -2.52. The summed E-state index contributed by atoms with van der Waals surface area (Å²) in [5, 5.41) is 0. The molecule has 3 aliphatic heterocycles. The van der Waals surface area contributed by atoms with Crippen LogP contribution in [0.25, 0.3) is 33.4 Å². The Balaban J connectivity index is 1.50. The molecule has 8 rings (SSSR count). The zero-order valence-corrected chi connectivity index (χ0v) is 17.4. The van der Waals surface area contributed by atoms with Crippen molar-refractivity contribution in [3.8, 4) is 33.4 Å². The Morgan fingerprint density at radius 1 is 0.375 bits per heavy atom. The lowest BCUT2D eigenvalue weighted by molar-refractivity contribution is 1.30. The number of fused-ring (bicyclic) bond motifs is 2. The van der Waals surface area contributed by atoms with Crippen LogP contribution in [0.5, 0.6) is 0 Å². The number of nitrogens with zero attached hydrogens (tertiary/aromatic N) is 1. The van der Waals surface area contributed by atoms with Crippen molar-refractivity contribution in [3.63, 3.8) is 0 Å². The smallest absolute Gasteiger partial charge is 0.249 e. The van der Waals surface area contributed by atoms with Gasteiger partial charge in [0.25, 0.3) is 0 Å². The van der Waals surface area contributed by atoms with Crippen LogP contribution in [0, 0.1) is 0 Å². The number of para-hydroxylation sites is 1. The summed E-state index contributed by atoms with van der Waals surface area (Å²) in [4.78, 5) is 2.51. The molecule has 3 heterocycles. The molecule has 32 heavy (non-hydrogen) atoms. The highest BCUT2D eigenvalue weighted by Gasteiger charge is 2.48. The van der Waals surface area contributed by atoms with Crippen LogP contribution in [0.4, 0.5) is 17.1 Å². The van der Waals surface area contributed by atoms with Crippen molar-refractivity contribution in [1.29, 1.82) is 0 Å². The van der Waals surface area contributed by atoms with Crippen LogP contribution < -0.4 is 21.3 Å². The van der Waals surface area contributed by atoms with Gasteiger partial charge in [0.1, 0.15) is 0 Å². The molecule has 5 aromatic carbocycles. The van der Waals surface area contributed by atoms with E-state index in [9.17, 15) is 0 Å². The number of anilines is 3. The molecule has 0 spiro atoms. The first-order valence-corrected chi connectivity index (χ1v) is 11.3. The fourth-order valence-electron chi connectivity index (χ4n) is 6.27. The van der Waals surface area contributed by atoms with Gasteiger partial charge in [0, 0.05) is 16.9 Å². The zero-order valence-electron chi connectivity index (χ0n) is 17.4. The van der Waals surface area contributed by atoms with Crippen molar-refractivity contribution in [2.24, 2.45) is 0 Å². The normalized spacial score (nSPS) is 13.5. The minimum Gasteiger partial charge on any atom is -0.311 e. The van der Waals surface area contributed by atoms with Crippen molar-refractivity contribution >= 4 is 40.2 Å². The van der Waals surface area contributed by atoms with Crippen LogP contribution in [0.1, 0.15) is 0 Å². The predicted molar refractivity (Wildman–Crippen MR) is 136 cm³/mol. The van der Waals surface area contributed by atoms with Gasteiger partial charge >= 0.3 is 0 Å². The third kappa shape index (κ3) is 1.87. The SMILES string of the molecule is c1ccc(-c2ccccc2N2c3cccc4c3B3c5c-4cccc5-c4cccc2c43)cc1. The summed E-state index contributed by atoms with van der Waals surface area (Å²) >= 11 is 0. The third-order valence-corrected chi connectivity index (χ3v) is 7.43. The highest BCUT2D eigenvalue weighted by atomic mass is 15.2. The summed E-state index contributed by atoms with van der Waals surface area (Å²) in [5.41, 5.74) is 16.4. The lowest BCUT2D eigenvalue weighted by Gasteiger charge is -2.36. The molecular formula is C30H18BN. The lowest BCUT2D eigenvalue weighted by atomic mass is 9.39. The standard InChI is InChI=1S/C30H18BN/c1-2-9-19(10-3-1)20-11-4-5-16-25(20)32-26-17-7-14-23-21-12-6-13-22-24-15-8-18-27(32)30(24)31(28(21)22)29(23)26/h1-18H. The van der Waals surface area contributed by atoms with E-state index in [1.807, 2.05) is 0 Å². The van der Waals surface area contributed by atoms with Gasteiger partial charge < -0.3 is 4.90 Å². The highest BCUT2D eigenvalue weighted by molar-refractivity contribution is 7.04. The van der Waals surface area contributed by atoms with Crippen LogP contribution in [0.2, 0.25) is 0 Å². The second-order valence-electron chi connectivity index (χ2n) is 8.90. The van der Waals surface area contributed by atoms with E-state index >= 15 is 0 Å². The van der Waals surface area contributed by atoms with E-state index in [-0.39, 0.29) is 0 Å². The average molecular weight is 403 g/mol. The summed E-state index contributed by atoms with van der Waals surface area (Å²) in [6.45, 7) is 0.360. The quantitative estimate of drug-likeness (QED) is 0.339. The molecule has 1 nitrogen and oxygen atoms in total. The van der Waals surface area contributed by atoms with Crippen molar-refractivity contribution in [2.45, 2.75) is 0 Å². The van der Waals surface area contributed by atoms with E-state index in [0.717, 1.165) is 0 Å². The molecular weight excluding hydrogens is 385 g/mol. The van der Waals surface area contributed by atoms with Gasteiger partial charge in [-0.25, -0.2) is 0 Å². The van der Waals surface area contributed by atoms with Crippen molar-refractivity contribution in [1.82, 2.24) is 0 Å². The molecule has 0 saturated heterocycles. The van der Waals surface area contributed by atoms with Crippen LogP contribution >= 0.6 is 0 Å². The zero-order chi connectivity index (χ0) is 20.8. The Bertz CT molecular complexity index is 1510. The summed E-state index contributed by atoms with van der Waals surface area (Å²) in [5.74, 6) is 0. The molecule has 0 fully saturated rings. The van der Waals surface area contributed by atoms with E-state index in [1.54, 1.807) is 0 Å². The van der Waals surface area contributed by atoms with E-state index in [4.69, 9.17) is 0 Å². The van der Waals surface area contributed by atoms with E-state index < -0.39 is 0 Å². The first-order chi connectivity index (χ1) is 15.9. The van der Waals surface area contributed by atoms with Gasteiger partial charge in [0.15, 0.2) is 0 Å². The van der Waals surface area contributed by atoms with Gasteiger partial charge in [0.2, 0.25) is 6.71 Å². The van der Waals surface area contributed by atoms with Crippen molar-refractivity contribution in [2.75, 3.05) is 4.90 Å². The van der Waals surface area contributed by atoms with Gasteiger partial charge in [-0.1, -0.05) is 96.5 Å². The van der Waals surface area contributed by atoms with Crippen LogP contribution in [0.3, 0.4) is 0 Å². The minimum atomic E-state index is 0.360. The van der Waals surface area contributed by atoms with Crippen LogP contribution in [0.15, 0.2) is 109 Å². The molecule has 0 amide bonds. The number of hydrogen-bond acceptors (Lipinski definition) is 1. The molecule has 0 N–H and O–H groups in total. The highest BCUT2D eigenvalue weighted by Crippen LogP contribution is 2.47. The largest absolute Gasteiger partial charge is 0.311 e. The van der Waals surface area contributed by atoms with E-state index in [0.29, 0.717) is 6.71 Å². The molecule has 3 aliphatic rings. The summed E-state index contributed by atoms with van der Waals surface area (Å²) in [6.07, 6.45) is 0. The topological polar surface area (TPSA) is 3.24 Å². The molecule has 0 unspecified atom stereocenters. The van der Waals surface area contributed by atoms with E-state index in [1.165, 1.54) is 66.8 Å². The van der Waals surface area contributed by atoms with Gasteiger partial charge in [-0.2, -0.15) is 0 Å². The third-order valence-electron chi connectivity index (χ3n) is 7.43. The molecule has 0 bridgehead atoms. The maximum absolute atomic E-state index is 2.51. The average Bonchev–Trinajstić information content (AvgIpc) is 3.38. The molecule has 0 aliphatic carbocycles. The number of hydrogen-bond donors (Lipinski definition) is 0. The number of benzene rings is 5. The Kier molecular flexibility index (Phi) is 3.02. The summed E-state index contributed by atoms with van der Waals surface area (Å²) < 4.78 is 0. The Morgan fingerprint density at radius 3 is 1.50 bits per heavy atom. The monoisotopic (exact) mass is 403 g/mol. The molecule has 0 saturated carbocycles. The molecule has 2 heteroatoms. The maximum atomic E-state index is 2.51. The fourth-order valence-corrected chi connectivity index (χ4v) is 6.27. The van der Waals surface area contributed by atoms with Crippen LogP contribution in [-0.2, 0) is 0 Å². The van der Waals surface area contributed by atoms with Gasteiger partial charge in [-0.15, -0.1) is 0 Å². The number of rotatable bonds is 2. The summed E-state index contributed by atoms with van der Waals surface area (Å²) in [6, 6.07) is 40.1. The second kappa shape index (κ2) is 5.80. The van der Waals surface area contributed by atoms with Crippen LogP contribution in [-0.4, -0.2) is 6.71 Å². The van der Waals surface area contributed by atoms with Crippen molar-refractivity contribution in [3.05, 3.63) is 109 Å². The van der Waals surface area contributed by atoms with Crippen molar-refractivity contribution < 1.29 is 0 Å². The molecule has 146 valence electrons. The Hall–Kier alpha value is -4.04. The maximum Gasteiger partial charge on any atom is 0.249 e.